The van der Waals surface area contributed by atoms with Gasteiger partial charge in [0.05, 0.1) is 23.4 Å². The van der Waals surface area contributed by atoms with Gasteiger partial charge in [-0.25, -0.2) is 4.98 Å². The number of benzene rings is 2. The van der Waals surface area contributed by atoms with Crippen molar-refractivity contribution >= 4 is 46.7 Å². The van der Waals surface area contributed by atoms with Gasteiger partial charge in [0.25, 0.3) is 5.56 Å². The van der Waals surface area contributed by atoms with E-state index < -0.39 is 0 Å². The van der Waals surface area contributed by atoms with Gasteiger partial charge in [-0.15, -0.1) is 11.8 Å². The molecular weight excluding hydrogens is 435 g/mol. The zero-order chi connectivity index (χ0) is 19.7. The van der Waals surface area contributed by atoms with Crippen molar-refractivity contribution in [2.45, 2.75) is 22.2 Å². The number of rotatable bonds is 5. The second-order valence-electron chi connectivity index (χ2n) is 6.14. The molecule has 0 saturated carbocycles. The monoisotopic (exact) mass is 450 g/mol. The molecule has 3 aromatic rings. The number of aromatic nitrogens is 2. The first-order chi connectivity index (χ1) is 13.6. The fourth-order valence-electron chi connectivity index (χ4n) is 2.95. The van der Waals surface area contributed by atoms with Crippen LogP contribution in [0.5, 0.6) is 5.75 Å². The Labute approximate surface area is 181 Å². The van der Waals surface area contributed by atoms with Gasteiger partial charge in [-0.1, -0.05) is 47.1 Å². The van der Waals surface area contributed by atoms with Crippen LogP contribution >= 0.6 is 46.7 Å². The summed E-state index contributed by atoms with van der Waals surface area (Å²) in [5.41, 5.74) is 2.51. The summed E-state index contributed by atoms with van der Waals surface area (Å²) in [6, 6.07) is 12.9. The Morgan fingerprint density at radius 3 is 2.89 bits per heavy atom. The summed E-state index contributed by atoms with van der Waals surface area (Å²) in [7, 11) is 1.61. The Bertz CT molecular complexity index is 1100. The SMILES string of the molecule is COc1cccc(-n2c(SCc3ccc(Cl)cc3Cl)nc3c(c2=O)SCC3)c1. The van der Waals surface area contributed by atoms with E-state index in [2.05, 4.69) is 0 Å². The van der Waals surface area contributed by atoms with E-state index in [0.29, 0.717) is 26.7 Å². The molecule has 0 unspecified atom stereocenters. The van der Waals surface area contributed by atoms with Gasteiger partial charge in [0, 0.05) is 34.0 Å². The molecule has 4 nitrogen and oxygen atoms in total. The molecule has 2 heterocycles. The largest absolute Gasteiger partial charge is 0.497 e. The molecule has 0 bridgehead atoms. The molecule has 0 aliphatic carbocycles. The first-order valence-electron chi connectivity index (χ1n) is 8.56. The maximum atomic E-state index is 13.2. The van der Waals surface area contributed by atoms with E-state index >= 15 is 0 Å². The third-order valence-corrected chi connectivity index (χ3v) is 7.03. The van der Waals surface area contributed by atoms with Crippen molar-refractivity contribution < 1.29 is 4.74 Å². The van der Waals surface area contributed by atoms with Gasteiger partial charge in [0.15, 0.2) is 5.16 Å². The highest BCUT2D eigenvalue weighted by atomic mass is 35.5. The van der Waals surface area contributed by atoms with E-state index in [4.69, 9.17) is 32.9 Å². The molecule has 4 rings (SSSR count). The first-order valence-corrected chi connectivity index (χ1v) is 11.3. The van der Waals surface area contributed by atoms with Crippen molar-refractivity contribution in [1.29, 1.82) is 0 Å². The summed E-state index contributed by atoms with van der Waals surface area (Å²) in [6.07, 6.45) is 0.809. The van der Waals surface area contributed by atoms with Gasteiger partial charge in [0.1, 0.15) is 5.75 Å². The Kier molecular flexibility index (Phi) is 5.92. The lowest BCUT2D eigenvalue weighted by Gasteiger charge is -2.15. The highest BCUT2D eigenvalue weighted by molar-refractivity contribution is 7.99. The first kappa shape index (κ1) is 19.7. The summed E-state index contributed by atoms with van der Waals surface area (Å²) in [6.45, 7) is 0. The quantitative estimate of drug-likeness (QED) is 0.379. The normalized spacial score (nSPS) is 12.8. The van der Waals surface area contributed by atoms with Crippen LogP contribution in [-0.4, -0.2) is 22.4 Å². The minimum absolute atomic E-state index is 0.0366. The maximum absolute atomic E-state index is 13.2. The molecule has 28 heavy (non-hydrogen) atoms. The van der Waals surface area contributed by atoms with Crippen molar-refractivity contribution in [2.24, 2.45) is 0 Å². The minimum Gasteiger partial charge on any atom is -0.497 e. The molecule has 0 spiro atoms. The van der Waals surface area contributed by atoms with Crippen molar-refractivity contribution in [2.75, 3.05) is 12.9 Å². The molecule has 0 atom stereocenters. The number of nitrogens with zero attached hydrogens (tertiary/aromatic N) is 2. The molecule has 1 aromatic heterocycles. The van der Waals surface area contributed by atoms with Crippen molar-refractivity contribution in [1.82, 2.24) is 9.55 Å². The summed E-state index contributed by atoms with van der Waals surface area (Å²) < 4.78 is 6.99. The molecule has 0 N–H and O–H groups in total. The number of hydrogen-bond donors (Lipinski definition) is 0. The number of ether oxygens (including phenoxy) is 1. The van der Waals surface area contributed by atoms with Crippen molar-refractivity contribution in [3.05, 3.63) is 74.1 Å². The van der Waals surface area contributed by atoms with E-state index in [0.717, 1.165) is 34.0 Å². The molecule has 1 aliphatic heterocycles. The van der Waals surface area contributed by atoms with Crippen LogP contribution in [0.15, 0.2) is 57.3 Å². The Morgan fingerprint density at radius 2 is 2.11 bits per heavy atom. The van der Waals surface area contributed by atoms with E-state index in [9.17, 15) is 4.79 Å². The number of thioether (sulfide) groups is 2. The van der Waals surface area contributed by atoms with Crippen molar-refractivity contribution in [3.8, 4) is 11.4 Å². The van der Waals surface area contributed by atoms with E-state index in [-0.39, 0.29) is 5.56 Å². The van der Waals surface area contributed by atoms with Crippen molar-refractivity contribution in [3.63, 3.8) is 0 Å². The van der Waals surface area contributed by atoms with Gasteiger partial charge < -0.3 is 4.74 Å². The highest BCUT2D eigenvalue weighted by Gasteiger charge is 2.23. The molecule has 2 aromatic carbocycles. The average Bonchev–Trinajstić information content (AvgIpc) is 3.16. The van der Waals surface area contributed by atoms with Crippen LogP contribution in [0.4, 0.5) is 0 Å². The third kappa shape index (κ3) is 3.92. The minimum atomic E-state index is -0.0366. The summed E-state index contributed by atoms with van der Waals surface area (Å²) in [4.78, 5) is 18.7. The predicted molar refractivity (Wildman–Crippen MR) is 117 cm³/mol. The topological polar surface area (TPSA) is 44.1 Å². The van der Waals surface area contributed by atoms with E-state index in [1.807, 2.05) is 36.4 Å². The van der Waals surface area contributed by atoms with Crippen LogP contribution in [0.3, 0.4) is 0 Å². The lowest BCUT2D eigenvalue weighted by molar-refractivity contribution is 0.414. The van der Waals surface area contributed by atoms with Crippen LogP contribution in [-0.2, 0) is 12.2 Å². The fraction of sp³-hybridized carbons (Fsp3) is 0.200. The molecular formula is C20H16Cl2N2O2S2. The lowest BCUT2D eigenvalue weighted by atomic mass is 10.2. The third-order valence-electron chi connectivity index (χ3n) is 4.35. The standard InChI is InChI=1S/C20H16Cl2N2O2S2/c1-26-15-4-2-3-14(10-15)24-19(25)18-17(7-8-27-18)23-20(24)28-11-12-5-6-13(21)9-16(12)22/h2-6,9-10H,7-8,11H2,1H3. The smallest absolute Gasteiger partial charge is 0.272 e. The van der Waals surface area contributed by atoms with Gasteiger partial charge in [0.2, 0.25) is 0 Å². The Morgan fingerprint density at radius 1 is 1.25 bits per heavy atom. The number of aryl methyl sites for hydroxylation is 1. The zero-order valence-electron chi connectivity index (χ0n) is 14.9. The number of methoxy groups -OCH3 is 1. The van der Waals surface area contributed by atoms with E-state index in [1.165, 1.54) is 11.8 Å². The predicted octanol–water partition coefficient (Wildman–Crippen LogP) is 5.49. The molecule has 0 fully saturated rings. The van der Waals surface area contributed by atoms with Crippen LogP contribution in [0.1, 0.15) is 11.3 Å². The molecule has 0 amide bonds. The zero-order valence-corrected chi connectivity index (χ0v) is 18.1. The fourth-order valence-corrected chi connectivity index (χ4v) is 5.56. The van der Waals surface area contributed by atoms with Crippen LogP contribution in [0.25, 0.3) is 5.69 Å². The molecule has 8 heteroatoms. The molecule has 0 radical (unpaired) electrons. The van der Waals surface area contributed by atoms with Crippen LogP contribution < -0.4 is 10.3 Å². The summed E-state index contributed by atoms with van der Waals surface area (Å²) in [5, 5.41) is 1.84. The van der Waals surface area contributed by atoms with Crippen LogP contribution in [0, 0.1) is 0 Å². The number of hydrogen-bond acceptors (Lipinski definition) is 5. The Hall–Kier alpha value is -1.60. The average molecular weight is 451 g/mol. The lowest BCUT2D eigenvalue weighted by Crippen LogP contribution is -2.23. The van der Waals surface area contributed by atoms with Gasteiger partial charge in [-0.3, -0.25) is 9.36 Å². The molecule has 0 saturated heterocycles. The van der Waals surface area contributed by atoms with Gasteiger partial charge >= 0.3 is 0 Å². The molecule has 1 aliphatic rings. The highest BCUT2D eigenvalue weighted by Crippen LogP contribution is 2.33. The number of halogens is 2. The second kappa shape index (κ2) is 8.41. The molecule has 144 valence electrons. The Balaban J connectivity index is 1.77. The summed E-state index contributed by atoms with van der Waals surface area (Å²) in [5.74, 6) is 2.15. The summed E-state index contributed by atoms with van der Waals surface area (Å²) >= 11 is 15.4. The van der Waals surface area contributed by atoms with Crippen LogP contribution in [0.2, 0.25) is 10.0 Å². The maximum Gasteiger partial charge on any atom is 0.272 e. The number of fused-ring (bicyclic) bond motifs is 1. The van der Waals surface area contributed by atoms with E-state index in [1.54, 1.807) is 29.5 Å². The second-order valence-corrected chi connectivity index (χ2v) is 9.03. The van der Waals surface area contributed by atoms with Gasteiger partial charge in [-0.05, 0) is 29.8 Å². The van der Waals surface area contributed by atoms with Gasteiger partial charge in [-0.2, -0.15) is 0 Å².